The summed E-state index contributed by atoms with van der Waals surface area (Å²) in [7, 11) is 0. The minimum atomic E-state index is -0.953. The molecule has 2 rings (SSSR count). The van der Waals surface area contributed by atoms with Gasteiger partial charge in [-0.2, -0.15) is 0 Å². The summed E-state index contributed by atoms with van der Waals surface area (Å²) in [5.74, 6) is -0.167. The second-order valence-electron chi connectivity index (χ2n) is 4.08. The van der Waals surface area contributed by atoms with E-state index in [9.17, 15) is 4.79 Å². The lowest BCUT2D eigenvalue weighted by Gasteiger charge is -2.06. The average molecular weight is 254 g/mol. The molecule has 0 radical (unpaired) electrons. The summed E-state index contributed by atoms with van der Waals surface area (Å²) in [6, 6.07) is 13.2. The zero-order valence-corrected chi connectivity index (χ0v) is 10.5. The van der Waals surface area contributed by atoms with Crippen LogP contribution in [-0.4, -0.2) is 16.1 Å². The molecular weight excluding hydrogens is 240 g/mol. The Morgan fingerprint density at radius 3 is 2.58 bits per heavy atom. The maximum Gasteiger partial charge on any atom is 0.328 e. The molecule has 96 valence electrons. The molecular formula is C15H14N2O2. The number of nitrogens with one attached hydrogen (secondary N) is 1. The van der Waals surface area contributed by atoms with E-state index in [1.807, 2.05) is 49.4 Å². The van der Waals surface area contributed by atoms with Crippen LogP contribution in [0.15, 0.2) is 48.5 Å². The van der Waals surface area contributed by atoms with Gasteiger partial charge in [-0.3, -0.25) is 0 Å². The summed E-state index contributed by atoms with van der Waals surface area (Å²) in [6.45, 7) is 1.94. The van der Waals surface area contributed by atoms with Gasteiger partial charge >= 0.3 is 5.97 Å². The summed E-state index contributed by atoms with van der Waals surface area (Å²) in [5.41, 5.74) is 2.70. The molecule has 0 amide bonds. The molecule has 0 aliphatic carbocycles. The molecule has 0 aliphatic heterocycles. The number of carboxylic acid groups (broad SMARTS) is 1. The lowest BCUT2D eigenvalue weighted by Crippen LogP contribution is -1.94. The number of rotatable bonds is 4. The van der Waals surface area contributed by atoms with Crippen molar-refractivity contribution in [2.45, 2.75) is 6.92 Å². The lowest BCUT2D eigenvalue weighted by atomic mass is 10.2. The Bertz CT molecular complexity index is 604. The van der Waals surface area contributed by atoms with E-state index >= 15 is 0 Å². The molecule has 4 nitrogen and oxygen atoms in total. The van der Waals surface area contributed by atoms with Crippen molar-refractivity contribution in [2.75, 3.05) is 5.32 Å². The van der Waals surface area contributed by atoms with Gasteiger partial charge in [0.2, 0.25) is 0 Å². The van der Waals surface area contributed by atoms with Gasteiger partial charge < -0.3 is 10.4 Å². The van der Waals surface area contributed by atoms with E-state index < -0.39 is 5.97 Å². The summed E-state index contributed by atoms with van der Waals surface area (Å²) in [6.07, 6.45) is 2.67. The highest BCUT2D eigenvalue weighted by Crippen LogP contribution is 2.16. The monoisotopic (exact) mass is 254 g/mol. The van der Waals surface area contributed by atoms with Gasteiger partial charge in [-0.1, -0.05) is 18.2 Å². The molecule has 19 heavy (non-hydrogen) atoms. The first kappa shape index (κ1) is 12.8. The maximum atomic E-state index is 10.4. The minimum absolute atomic E-state index is 0.786. The van der Waals surface area contributed by atoms with E-state index in [-0.39, 0.29) is 0 Å². The predicted octanol–water partition coefficient (Wildman–Crippen LogP) is 3.23. The largest absolute Gasteiger partial charge is 0.478 e. The van der Waals surface area contributed by atoms with Crippen molar-refractivity contribution in [3.63, 3.8) is 0 Å². The smallest absolute Gasteiger partial charge is 0.328 e. The molecule has 0 saturated carbocycles. The van der Waals surface area contributed by atoms with Crippen LogP contribution >= 0.6 is 0 Å². The van der Waals surface area contributed by atoms with Crippen LogP contribution in [-0.2, 0) is 4.79 Å². The first-order chi connectivity index (χ1) is 9.13. The predicted molar refractivity (Wildman–Crippen MR) is 75.4 cm³/mol. The number of nitrogens with zero attached hydrogens (tertiary/aromatic N) is 1. The highest BCUT2D eigenvalue weighted by Gasteiger charge is 1.96. The third kappa shape index (κ3) is 3.96. The lowest BCUT2D eigenvalue weighted by molar-refractivity contribution is -0.131. The van der Waals surface area contributed by atoms with E-state index in [1.165, 1.54) is 0 Å². The van der Waals surface area contributed by atoms with Gasteiger partial charge in [0, 0.05) is 17.5 Å². The summed E-state index contributed by atoms with van der Waals surface area (Å²) < 4.78 is 0. The van der Waals surface area contributed by atoms with Crippen LogP contribution in [0.1, 0.15) is 11.3 Å². The van der Waals surface area contributed by atoms with Crippen LogP contribution in [0.2, 0.25) is 0 Å². The molecule has 2 aromatic rings. The number of benzene rings is 1. The fourth-order valence-corrected chi connectivity index (χ4v) is 1.61. The van der Waals surface area contributed by atoms with Crippen molar-refractivity contribution in [3.05, 3.63) is 59.8 Å². The van der Waals surface area contributed by atoms with Crippen molar-refractivity contribution >= 4 is 23.6 Å². The second-order valence-corrected chi connectivity index (χ2v) is 4.08. The van der Waals surface area contributed by atoms with Crippen LogP contribution < -0.4 is 5.32 Å². The number of hydrogen-bond acceptors (Lipinski definition) is 3. The van der Waals surface area contributed by atoms with E-state index in [0.717, 1.165) is 28.8 Å². The molecule has 1 aromatic heterocycles. The third-order valence-corrected chi connectivity index (χ3v) is 2.49. The Morgan fingerprint density at radius 2 is 1.95 bits per heavy atom. The standard InChI is InChI=1S/C15H14N2O2/c1-11-3-2-4-14(16-11)17-13-8-5-12(6-9-13)7-10-15(18)19/h2-10H,1H3,(H,16,17)(H,18,19). The molecule has 0 atom stereocenters. The van der Waals surface area contributed by atoms with Gasteiger partial charge in [0.15, 0.2) is 0 Å². The van der Waals surface area contributed by atoms with Crippen LogP contribution in [0.3, 0.4) is 0 Å². The average Bonchev–Trinajstić information content (AvgIpc) is 2.38. The number of hydrogen-bond donors (Lipinski definition) is 2. The third-order valence-electron chi connectivity index (χ3n) is 2.49. The Hall–Kier alpha value is -2.62. The minimum Gasteiger partial charge on any atom is -0.478 e. The second kappa shape index (κ2) is 5.82. The van der Waals surface area contributed by atoms with E-state index in [1.54, 1.807) is 6.08 Å². The molecule has 0 spiro atoms. The quantitative estimate of drug-likeness (QED) is 0.822. The Balaban J connectivity index is 2.08. The summed E-state index contributed by atoms with van der Waals surface area (Å²) in [5, 5.41) is 11.7. The van der Waals surface area contributed by atoms with Crippen molar-refractivity contribution in [3.8, 4) is 0 Å². The number of aromatic nitrogens is 1. The SMILES string of the molecule is Cc1cccc(Nc2ccc(C=CC(=O)O)cc2)n1. The maximum absolute atomic E-state index is 10.4. The number of carbonyl (C=O) groups is 1. The molecule has 1 aromatic carbocycles. The summed E-state index contributed by atoms with van der Waals surface area (Å²) in [4.78, 5) is 14.8. The van der Waals surface area contributed by atoms with Gasteiger partial charge in [-0.25, -0.2) is 9.78 Å². The molecule has 0 saturated heterocycles. The van der Waals surface area contributed by atoms with Crippen molar-refractivity contribution in [1.82, 2.24) is 4.98 Å². The summed E-state index contributed by atoms with van der Waals surface area (Å²) >= 11 is 0. The normalized spacial score (nSPS) is 10.6. The van der Waals surface area contributed by atoms with E-state index in [2.05, 4.69) is 10.3 Å². The fourth-order valence-electron chi connectivity index (χ4n) is 1.61. The Labute approximate surface area is 111 Å². The van der Waals surface area contributed by atoms with E-state index in [4.69, 9.17) is 5.11 Å². The first-order valence-electron chi connectivity index (χ1n) is 5.85. The zero-order chi connectivity index (χ0) is 13.7. The van der Waals surface area contributed by atoms with Gasteiger partial charge in [-0.15, -0.1) is 0 Å². The van der Waals surface area contributed by atoms with Crippen molar-refractivity contribution < 1.29 is 9.90 Å². The number of aliphatic carboxylic acids is 1. The number of pyridine rings is 1. The van der Waals surface area contributed by atoms with Crippen LogP contribution in [0.25, 0.3) is 6.08 Å². The van der Waals surface area contributed by atoms with Crippen LogP contribution in [0.4, 0.5) is 11.5 Å². The van der Waals surface area contributed by atoms with Crippen molar-refractivity contribution in [2.24, 2.45) is 0 Å². The first-order valence-corrected chi connectivity index (χ1v) is 5.85. The molecule has 0 bridgehead atoms. The highest BCUT2D eigenvalue weighted by molar-refractivity contribution is 5.85. The topological polar surface area (TPSA) is 62.2 Å². The van der Waals surface area contributed by atoms with E-state index in [0.29, 0.717) is 0 Å². The van der Waals surface area contributed by atoms with Crippen molar-refractivity contribution in [1.29, 1.82) is 0 Å². The van der Waals surface area contributed by atoms with Gasteiger partial charge in [0.1, 0.15) is 5.82 Å². The Kier molecular flexibility index (Phi) is 3.93. The number of carboxylic acids is 1. The van der Waals surface area contributed by atoms with Gasteiger partial charge in [0.25, 0.3) is 0 Å². The molecule has 2 N–H and O–H groups in total. The highest BCUT2D eigenvalue weighted by atomic mass is 16.4. The Morgan fingerprint density at radius 1 is 1.21 bits per heavy atom. The van der Waals surface area contributed by atoms with Gasteiger partial charge in [0.05, 0.1) is 0 Å². The molecule has 4 heteroatoms. The molecule has 0 aliphatic rings. The molecule has 0 unspecified atom stereocenters. The number of aryl methyl sites for hydroxylation is 1. The molecule has 1 heterocycles. The van der Waals surface area contributed by atoms with Gasteiger partial charge in [-0.05, 0) is 42.8 Å². The van der Waals surface area contributed by atoms with Crippen LogP contribution in [0.5, 0.6) is 0 Å². The molecule has 0 fully saturated rings. The fraction of sp³-hybridized carbons (Fsp3) is 0.0667. The number of anilines is 2. The zero-order valence-electron chi connectivity index (χ0n) is 10.5. The van der Waals surface area contributed by atoms with Crippen LogP contribution in [0, 0.1) is 6.92 Å².